The molecule has 0 aliphatic carbocycles. The van der Waals surface area contributed by atoms with E-state index in [1.807, 2.05) is 23.0 Å². The predicted molar refractivity (Wildman–Crippen MR) is 80.1 cm³/mol. The number of benzene rings is 1. The maximum absolute atomic E-state index is 5.74. The van der Waals surface area contributed by atoms with Crippen molar-refractivity contribution in [2.75, 3.05) is 17.2 Å². The molecule has 2 aromatic rings. The summed E-state index contributed by atoms with van der Waals surface area (Å²) in [6.07, 6.45) is 5.18. The highest BCUT2D eigenvalue weighted by Gasteiger charge is 2.08. The van der Waals surface area contributed by atoms with E-state index in [0.29, 0.717) is 0 Å². The topological polar surface area (TPSA) is 47.1 Å². The van der Waals surface area contributed by atoms with E-state index in [0.717, 1.165) is 31.7 Å². The Bertz CT molecular complexity index is 501. The lowest BCUT2D eigenvalue weighted by atomic mass is 10.2. The molecule has 0 radical (unpaired) electrons. The summed E-state index contributed by atoms with van der Waals surface area (Å²) in [5, 5.41) is 4.33. The van der Waals surface area contributed by atoms with E-state index >= 15 is 0 Å². The molecule has 0 aliphatic rings. The van der Waals surface area contributed by atoms with Crippen molar-refractivity contribution in [1.82, 2.24) is 9.78 Å². The van der Waals surface area contributed by atoms with Gasteiger partial charge in [0.05, 0.1) is 6.20 Å². The number of nitrogen functional groups attached to an aromatic ring is 1. The lowest BCUT2D eigenvalue weighted by Crippen LogP contribution is -2.23. The molecule has 0 unspecified atom stereocenters. The van der Waals surface area contributed by atoms with Gasteiger partial charge in [0.1, 0.15) is 0 Å². The SMILES string of the molecule is CCCN(Cc1cnn(CC)c1)c1ccc(N)cc1. The Balaban J connectivity index is 2.13. The first kappa shape index (κ1) is 13.5. The molecule has 4 nitrogen and oxygen atoms in total. The van der Waals surface area contributed by atoms with Gasteiger partial charge >= 0.3 is 0 Å². The first-order chi connectivity index (χ1) is 9.22. The zero-order chi connectivity index (χ0) is 13.7. The molecule has 19 heavy (non-hydrogen) atoms. The van der Waals surface area contributed by atoms with Gasteiger partial charge in [0.15, 0.2) is 0 Å². The van der Waals surface area contributed by atoms with Crippen LogP contribution in [0.5, 0.6) is 0 Å². The Morgan fingerprint density at radius 2 is 1.95 bits per heavy atom. The minimum absolute atomic E-state index is 0.805. The molecule has 0 atom stereocenters. The van der Waals surface area contributed by atoms with Crippen molar-refractivity contribution in [3.05, 3.63) is 42.2 Å². The van der Waals surface area contributed by atoms with Crippen LogP contribution in [0, 0.1) is 0 Å². The number of anilines is 2. The summed E-state index contributed by atoms with van der Waals surface area (Å²) in [5.74, 6) is 0. The Morgan fingerprint density at radius 1 is 1.21 bits per heavy atom. The van der Waals surface area contributed by atoms with Crippen LogP contribution in [0.4, 0.5) is 11.4 Å². The first-order valence-corrected chi connectivity index (χ1v) is 6.84. The van der Waals surface area contributed by atoms with Gasteiger partial charge < -0.3 is 10.6 Å². The first-order valence-electron chi connectivity index (χ1n) is 6.84. The van der Waals surface area contributed by atoms with Crippen LogP contribution < -0.4 is 10.6 Å². The third-order valence-corrected chi connectivity index (χ3v) is 3.14. The molecule has 0 saturated heterocycles. The summed E-state index contributed by atoms with van der Waals surface area (Å²) in [7, 11) is 0. The average molecular weight is 258 g/mol. The van der Waals surface area contributed by atoms with Crippen molar-refractivity contribution in [1.29, 1.82) is 0 Å². The molecule has 102 valence electrons. The highest BCUT2D eigenvalue weighted by Crippen LogP contribution is 2.19. The van der Waals surface area contributed by atoms with Crippen LogP contribution in [0.3, 0.4) is 0 Å². The normalized spacial score (nSPS) is 10.6. The molecule has 2 N–H and O–H groups in total. The van der Waals surface area contributed by atoms with Gasteiger partial charge in [-0.3, -0.25) is 4.68 Å². The van der Waals surface area contributed by atoms with Crippen LogP contribution in [-0.4, -0.2) is 16.3 Å². The third-order valence-electron chi connectivity index (χ3n) is 3.14. The molecule has 0 spiro atoms. The second-order valence-corrected chi connectivity index (χ2v) is 4.72. The quantitative estimate of drug-likeness (QED) is 0.810. The van der Waals surface area contributed by atoms with E-state index in [1.165, 1.54) is 11.3 Å². The molecule has 1 aromatic heterocycles. The molecule has 4 heteroatoms. The maximum atomic E-state index is 5.74. The fourth-order valence-electron chi connectivity index (χ4n) is 2.14. The van der Waals surface area contributed by atoms with Crippen LogP contribution in [-0.2, 0) is 13.1 Å². The Labute approximate surface area is 114 Å². The summed E-state index contributed by atoms with van der Waals surface area (Å²) >= 11 is 0. The van der Waals surface area contributed by atoms with Gasteiger partial charge in [-0.1, -0.05) is 6.92 Å². The van der Waals surface area contributed by atoms with Crippen LogP contribution in [0.15, 0.2) is 36.7 Å². The summed E-state index contributed by atoms with van der Waals surface area (Å²) in [6.45, 7) is 7.12. The summed E-state index contributed by atoms with van der Waals surface area (Å²) in [5.41, 5.74) is 9.00. The molecule has 0 bridgehead atoms. The lowest BCUT2D eigenvalue weighted by Gasteiger charge is -2.23. The van der Waals surface area contributed by atoms with E-state index in [2.05, 4.69) is 42.2 Å². The van der Waals surface area contributed by atoms with Crippen LogP contribution >= 0.6 is 0 Å². The zero-order valence-electron chi connectivity index (χ0n) is 11.7. The van der Waals surface area contributed by atoms with E-state index < -0.39 is 0 Å². The minimum atomic E-state index is 0.805. The Morgan fingerprint density at radius 3 is 2.53 bits per heavy atom. The fraction of sp³-hybridized carbons (Fsp3) is 0.400. The van der Waals surface area contributed by atoms with Crippen molar-refractivity contribution in [3.8, 4) is 0 Å². The van der Waals surface area contributed by atoms with Gasteiger partial charge in [-0.2, -0.15) is 5.10 Å². The molecule has 0 aliphatic heterocycles. The summed E-state index contributed by atoms with van der Waals surface area (Å²) in [4.78, 5) is 2.36. The summed E-state index contributed by atoms with van der Waals surface area (Å²) < 4.78 is 1.96. The smallest absolute Gasteiger partial charge is 0.0539 e. The number of nitrogens with two attached hydrogens (primary N) is 1. The third kappa shape index (κ3) is 3.50. The highest BCUT2D eigenvalue weighted by atomic mass is 15.3. The predicted octanol–water partition coefficient (Wildman–Crippen LogP) is 2.90. The summed E-state index contributed by atoms with van der Waals surface area (Å²) in [6, 6.07) is 8.06. The van der Waals surface area contributed by atoms with Gasteiger partial charge in [-0.15, -0.1) is 0 Å². The number of nitrogens with zero attached hydrogens (tertiary/aromatic N) is 3. The van der Waals surface area contributed by atoms with Crippen molar-refractivity contribution in [3.63, 3.8) is 0 Å². The van der Waals surface area contributed by atoms with E-state index in [-0.39, 0.29) is 0 Å². The maximum Gasteiger partial charge on any atom is 0.0539 e. The monoisotopic (exact) mass is 258 g/mol. The van der Waals surface area contributed by atoms with Crippen molar-refractivity contribution in [2.45, 2.75) is 33.4 Å². The number of aryl methyl sites for hydroxylation is 1. The van der Waals surface area contributed by atoms with Crippen molar-refractivity contribution in [2.24, 2.45) is 0 Å². The molecule has 1 aromatic carbocycles. The second kappa shape index (κ2) is 6.27. The van der Waals surface area contributed by atoms with E-state index in [4.69, 9.17) is 5.73 Å². The standard InChI is InChI=1S/C15H22N4/c1-3-9-18(15-7-5-14(16)6-8-15)11-13-10-17-19(4-2)12-13/h5-8,10,12H,3-4,9,11,16H2,1-2H3. The molecular weight excluding hydrogens is 236 g/mol. The van der Waals surface area contributed by atoms with Gasteiger partial charge in [0.2, 0.25) is 0 Å². The Kier molecular flexibility index (Phi) is 4.44. The van der Waals surface area contributed by atoms with E-state index in [9.17, 15) is 0 Å². The minimum Gasteiger partial charge on any atom is -0.399 e. The van der Waals surface area contributed by atoms with Gasteiger partial charge in [0, 0.05) is 42.8 Å². The second-order valence-electron chi connectivity index (χ2n) is 4.72. The molecule has 2 rings (SSSR count). The van der Waals surface area contributed by atoms with Crippen molar-refractivity contribution >= 4 is 11.4 Å². The number of hydrogen-bond donors (Lipinski definition) is 1. The molecule has 0 saturated carbocycles. The van der Waals surface area contributed by atoms with Gasteiger partial charge in [-0.05, 0) is 37.6 Å². The number of aromatic nitrogens is 2. The van der Waals surface area contributed by atoms with Crippen LogP contribution in [0.25, 0.3) is 0 Å². The lowest BCUT2D eigenvalue weighted by molar-refractivity contribution is 0.658. The molecular formula is C15H22N4. The van der Waals surface area contributed by atoms with Gasteiger partial charge in [0.25, 0.3) is 0 Å². The Hall–Kier alpha value is -1.97. The number of rotatable bonds is 6. The fourth-order valence-corrected chi connectivity index (χ4v) is 2.14. The molecule has 0 fully saturated rings. The van der Waals surface area contributed by atoms with Crippen molar-refractivity contribution < 1.29 is 0 Å². The largest absolute Gasteiger partial charge is 0.399 e. The van der Waals surface area contributed by atoms with Gasteiger partial charge in [-0.25, -0.2) is 0 Å². The van der Waals surface area contributed by atoms with Crippen LogP contribution in [0.1, 0.15) is 25.8 Å². The highest BCUT2D eigenvalue weighted by molar-refractivity contribution is 5.53. The molecule has 0 amide bonds. The molecule has 1 heterocycles. The van der Waals surface area contributed by atoms with E-state index in [1.54, 1.807) is 0 Å². The average Bonchev–Trinajstić information content (AvgIpc) is 2.87. The number of hydrogen-bond acceptors (Lipinski definition) is 3. The van der Waals surface area contributed by atoms with Crippen LogP contribution in [0.2, 0.25) is 0 Å². The zero-order valence-corrected chi connectivity index (χ0v) is 11.7.